The van der Waals surface area contributed by atoms with Crippen molar-refractivity contribution in [1.29, 1.82) is 0 Å². The first-order chi connectivity index (χ1) is 7.74. The Kier molecular flexibility index (Phi) is 5.85. The first kappa shape index (κ1) is 13.0. The summed E-state index contributed by atoms with van der Waals surface area (Å²) in [6, 6.07) is 1.88. The number of halogens is 1. The molecular formula is C11H15BrN2O2. The fourth-order valence-electron chi connectivity index (χ4n) is 1.21. The molecule has 4 nitrogen and oxygen atoms in total. The average Bonchev–Trinajstić information content (AvgIpc) is 2.27. The second kappa shape index (κ2) is 7.22. The molecule has 0 saturated heterocycles. The van der Waals surface area contributed by atoms with E-state index in [9.17, 15) is 4.79 Å². The summed E-state index contributed by atoms with van der Waals surface area (Å²) < 4.78 is 5.75. The van der Waals surface area contributed by atoms with Crippen LogP contribution in [0.4, 0.5) is 5.69 Å². The molecule has 0 amide bonds. The van der Waals surface area contributed by atoms with Crippen LogP contribution in [0.5, 0.6) is 0 Å². The predicted molar refractivity (Wildman–Crippen MR) is 66.3 cm³/mol. The molecule has 0 saturated carbocycles. The number of aromatic nitrogens is 1. The zero-order chi connectivity index (χ0) is 11.8. The van der Waals surface area contributed by atoms with Gasteiger partial charge in [0, 0.05) is 25.4 Å². The minimum atomic E-state index is -0.141. The molecule has 1 rings (SSSR count). The molecule has 0 unspecified atom stereocenters. The second-order valence-electron chi connectivity index (χ2n) is 3.19. The Morgan fingerprint density at radius 3 is 3.12 bits per heavy atom. The Balaban J connectivity index is 2.21. The lowest BCUT2D eigenvalue weighted by Crippen LogP contribution is -2.08. The molecule has 0 bridgehead atoms. The zero-order valence-electron chi connectivity index (χ0n) is 9.20. The van der Waals surface area contributed by atoms with E-state index in [1.54, 1.807) is 12.4 Å². The fourth-order valence-corrected chi connectivity index (χ4v) is 1.60. The summed E-state index contributed by atoms with van der Waals surface area (Å²) in [5.74, 6) is -0.141. The van der Waals surface area contributed by atoms with Crippen molar-refractivity contribution in [2.45, 2.75) is 19.8 Å². The number of ether oxygens (including phenoxy) is 1. The SMILES string of the molecule is CCOC(=O)CCCNc1ccncc1Br. The molecule has 0 aliphatic heterocycles. The minimum Gasteiger partial charge on any atom is -0.466 e. The summed E-state index contributed by atoms with van der Waals surface area (Å²) in [5.41, 5.74) is 0.985. The van der Waals surface area contributed by atoms with Crippen molar-refractivity contribution in [3.8, 4) is 0 Å². The fraction of sp³-hybridized carbons (Fsp3) is 0.455. The molecule has 0 radical (unpaired) electrons. The van der Waals surface area contributed by atoms with Gasteiger partial charge in [0.25, 0.3) is 0 Å². The summed E-state index contributed by atoms with van der Waals surface area (Å²) in [6.45, 7) is 2.99. The summed E-state index contributed by atoms with van der Waals surface area (Å²) in [5, 5.41) is 3.22. The minimum absolute atomic E-state index is 0.141. The lowest BCUT2D eigenvalue weighted by Gasteiger charge is -2.07. The van der Waals surface area contributed by atoms with Crippen molar-refractivity contribution >= 4 is 27.6 Å². The van der Waals surface area contributed by atoms with Crippen LogP contribution in [-0.2, 0) is 9.53 Å². The van der Waals surface area contributed by atoms with Gasteiger partial charge in [0.1, 0.15) is 0 Å². The smallest absolute Gasteiger partial charge is 0.305 e. The van der Waals surface area contributed by atoms with Crippen molar-refractivity contribution in [3.63, 3.8) is 0 Å². The number of carbonyl (C=O) groups is 1. The first-order valence-corrected chi connectivity index (χ1v) is 6.02. The van der Waals surface area contributed by atoms with Gasteiger partial charge in [-0.15, -0.1) is 0 Å². The number of esters is 1. The van der Waals surface area contributed by atoms with Gasteiger partial charge >= 0.3 is 5.97 Å². The third-order valence-corrected chi connectivity index (χ3v) is 2.58. The van der Waals surface area contributed by atoms with Crippen LogP contribution in [0, 0.1) is 0 Å². The number of carbonyl (C=O) groups excluding carboxylic acids is 1. The van der Waals surface area contributed by atoms with Gasteiger partial charge in [-0.25, -0.2) is 0 Å². The van der Waals surface area contributed by atoms with Crippen molar-refractivity contribution in [2.24, 2.45) is 0 Å². The van der Waals surface area contributed by atoms with Gasteiger partial charge in [-0.1, -0.05) is 0 Å². The maximum atomic E-state index is 11.1. The largest absolute Gasteiger partial charge is 0.466 e. The molecule has 0 aromatic carbocycles. The van der Waals surface area contributed by atoms with E-state index in [2.05, 4.69) is 26.2 Å². The molecule has 0 fully saturated rings. The van der Waals surface area contributed by atoms with Crippen molar-refractivity contribution in [3.05, 3.63) is 22.9 Å². The number of pyridine rings is 1. The third-order valence-electron chi connectivity index (χ3n) is 1.95. The summed E-state index contributed by atoms with van der Waals surface area (Å²) in [7, 11) is 0. The molecule has 1 heterocycles. The zero-order valence-corrected chi connectivity index (χ0v) is 10.8. The molecule has 0 atom stereocenters. The van der Waals surface area contributed by atoms with Gasteiger partial charge < -0.3 is 10.1 Å². The van der Waals surface area contributed by atoms with E-state index < -0.39 is 0 Å². The van der Waals surface area contributed by atoms with E-state index >= 15 is 0 Å². The molecule has 5 heteroatoms. The van der Waals surface area contributed by atoms with E-state index in [0.29, 0.717) is 13.0 Å². The lowest BCUT2D eigenvalue weighted by atomic mass is 10.3. The molecule has 0 aliphatic carbocycles. The second-order valence-corrected chi connectivity index (χ2v) is 4.05. The number of nitrogens with zero attached hydrogens (tertiary/aromatic N) is 1. The Bertz CT molecular complexity index is 345. The van der Waals surface area contributed by atoms with Gasteiger partial charge in [0.05, 0.1) is 16.8 Å². The monoisotopic (exact) mass is 286 g/mol. The maximum absolute atomic E-state index is 11.1. The van der Waals surface area contributed by atoms with Crippen molar-refractivity contribution in [2.75, 3.05) is 18.5 Å². The highest BCUT2D eigenvalue weighted by Crippen LogP contribution is 2.19. The molecule has 88 valence electrons. The van der Waals surface area contributed by atoms with Crippen LogP contribution in [0.3, 0.4) is 0 Å². The normalized spacial score (nSPS) is 9.88. The summed E-state index contributed by atoms with van der Waals surface area (Å²) in [4.78, 5) is 15.0. The van der Waals surface area contributed by atoms with Gasteiger partial charge in [0.15, 0.2) is 0 Å². The van der Waals surface area contributed by atoms with Gasteiger partial charge in [0.2, 0.25) is 0 Å². The molecular weight excluding hydrogens is 272 g/mol. The highest BCUT2D eigenvalue weighted by Gasteiger charge is 2.01. The van der Waals surface area contributed by atoms with Crippen LogP contribution in [0.1, 0.15) is 19.8 Å². The molecule has 1 aromatic rings. The van der Waals surface area contributed by atoms with Crippen LogP contribution in [0.2, 0.25) is 0 Å². The summed E-state index contributed by atoms with van der Waals surface area (Å²) >= 11 is 3.39. The quantitative estimate of drug-likeness (QED) is 0.645. The van der Waals surface area contributed by atoms with Crippen LogP contribution in [0.25, 0.3) is 0 Å². The number of rotatable bonds is 6. The Labute approximate surface area is 104 Å². The van der Waals surface area contributed by atoms with Crippen LogP contribution in [0.15, 0.2) is 22.9 Å². The molecule has 0 aliphatic rings. The molecule has 0 spiro atoms. The Morgan fingerprint density at radius 1 is 1.62 bits per heavy atom. The molecule has 1 aromatic heterocycles. The molecule has 16 heavy (non-hydrogen) atoms. The first-order valence-electron chi connectivity index (χ1n) is 5.23. The van der Waals surface area contributed by atoms with E-state index in [1.165, 1.54) is 0 Å². The molecule has 1 N–H and O–H groups in total. The third kappa shape index (κ3) is 4.61. The number of nitrogens with one attached hydrogen (secondary N) is 1. The van der Waals surface area contributed by atoms with Crippen molar-refractivity contribution in [1.82, 2.24) is 4.98 Å². The van der Waals surface area contributed by atoms with E-state index in [4.69, 9.17) is 4.74 Å². The van der Waals surface area contributed by atoms with Crippen molar-refractivity contribution < 1.29 is 9.53 Å². The average molecular weight is 287 g/mol. The Hall–Kier alpha value is -1.10. The highest BCUT2D eigenvalue weighted by molar-refractivity contribution is 9.10. The highest BCUT2D eigenvalue weighted by atomic mass is 79.9. The predicted octanol–water partition coefficient (Wildman–Crippen LogP) is 2.60. The summed E-state index contributed by atoms with van der Waals surface area (Å²) in [6.07, 6.45) is 4.66. The van der Waals surface area contributed by atoms with Crippen LogP contribution >= 0.6 is 15.9 Å². The van der Waals surface area contributed by atoms with Crippen LogP contribution in [-0.4, -0.2) is 24.1 Å². The van der Waals surface area contributed by atoms with E-state index in [1.807, 2.05) is 13.0 Å². The maximum Gasteiger partial charge on any atom is 0.305 e. The van der Waals surface area contributed by atoms with E-state index in [0.717, 1.165) is 23.1 Å². The lowest BCUT2D eigenvalue weighted by molar-refractivity contribution is -0.143. The number of hydrogen-bond acceptors (Lipinski definition) is 4. The Morgan fingerprint density at radius 2 is 2.44 bits per heavy atom. The van der Waals surface area contributed by atoms with E-state index in [-0.39, 0.29) is 5.97 Å². The van der Waals surface area contributed by atoms with Crippen LogP contribution < -0.4 is 5.32 Å². The topological polar surface area (TPSA) is 51.2 Å². The standard InChI is InChI=1S/C11H15BrN2O2/c1-2-16-11(15)4-3-6-14-10-5-7-13-8-9(10)12/h5,7-8H,2-4,6H2,1H3,(H,13,14). The van der Waals surface area contributed by atoms with Gasteiger partial charge in [-0.05, 0) is 35.3 Å². The van der Waals surface area contributed by atoms with Gasteiger partial charge in [-0.3, -0.25) is 9.78 Å². The number of hydrogen-bond donors (Lipinski definition) is 1. The van der Waals surface area contributed by atoms with Gasteiger partial charge in [-0.2, -0.15) is 0 Å². The number of anilines is 1.